The van der Waals surface area contributed by atoms with E-state index in [9.17, 15) is 13.2 Å². The topological polar surface area (TPSA) is 119 Å². The van der Waals surface area contributed by atoms with Crippen molar-refractivity contribution in [2.75, 3.05) is 11.0 Å². The van der Waals surface area contributed by atoms with E-state index < -0.39 is 10.0 Å². The molecule has 21 heavy (non-hydrogen) atoms. The fraction of sp³-hybridized carbons (Fsp3) is 0.273. The maximum atomic E-state index is 11.7. The predicted octanol–water partition coefficient (Wildman–Crippen LogP) is -0.639. The molecule has 2 rings (SSSR count). The summed E-state index contributed by atoms with van der Waals surface area (Å²) in [6, 6.07) is 3.62. The third-order valence-electron chi connectivity index (χ3n) is 2.32. The van der Waals surface area contributed by atoms with Gasteiger partial charge in [-0.1, -0.05) is 6.07 Å². The van der Waals surface area contributed by atoms with Crippen LogP contribution in [0.3, 0.4) is 0 Å². The normalized spacial score (nSPS) is 11.1. The minimum Gasteiger partial charge on any atom is -0.350 e. The molecular formula is C11H14N6O3S. The van der Waals surface area contributed by atoms with E-state index in [1.165, 1.54) is 6.20 Å². The molecule has 2 aromatic rings. The van der Waals surface area contributed by atoms with Crippen LogP contribution < -0.4 is 10.0 Å². The zero-order chi connectivity index (χ0) is 15.3. The van der Waals surface area contributed by atoms with E-state index in [1.807, 2.05) is 6.07 Å². The molecule has 0 aliphatic heterocycles. The van der Waals surface area contributed by atoms with Crippen LogP contribution >= 0.6 is 0 Å². The average molecular weight is 310 g/mol. The van der Waals surface area contributed by atoms with Crippen molar-refractivity contribution in [2.45, 2.75) is 13.1 Å². The zero-order valence-corrected chi connectivity index (χ0v) is 12.0. The Hall–Kier alpha value is -2.49. The van der Waals surface area contributed by atoms with Gasteiger partial charge in [0.25, 0.3) is 0 Å². The van der Waals surface area contributed by atoms with Gasteiger partial charge in [-0.25, -0.2) is 8.42 Å². The van der Waals surface area contributed by atoms with Crippen molar-refractivity contribution in [1.29, 1.82) is 0 Å². The van der Waals surface area contributed by atoms with Crippen molar-refractivity contribution in [1.82, 2.24) is 25.3 Å². The number of anilines is 1. The number of nitrogens with zero attached hydrogens (tertiary/aromatic N) is 4. The van der Waals surface area contributed by atoms with Crippen LogP contribution in [0.25, 0.3) is 0 Å². The van der Waals surface area contributed by atoms with Gasteiger partial charge in [-0.3, -0.25) is 14.5 Å². The lowest BCUT2D eigenvalue weighted by Gasteiger charge is -2.04. The van der Waals surface area contributed by atoms with E-state index in [4.69, 9.17) is 0 Å². The molecule has 9 nitrogen and oxygen atoms in total. The molecule has 0 spiro atoms. The van der Waals surface area contributed by atoms with E-state index in [1.54, 1.807) is 18.5 Å². The smallest absolute Gasteiger partial charge is 0.243 e. The first-order chi connectivity index (χ1) is 9.92. The van der Waals surface area contributed by atoms with E-state index >= 15 is 0 Å². The summed E-state index contributed by atoms with van der Waals surface area (Å²) in [5.74, 6) is -0.224. The Kier molecular flexibility index (Phi) is 4.48. The molecule has 0 radical (unpaired) electrons. The van der Waals surface area contributed by atoms with Gasteiger partial charge >= 0.3 is 0 Å². The SMILES string of the molecule is CS(=O)(=O)Nc1cnn(CC(=O)NCc2cccnc2)n1. The highest BCUT2D eigenvalue weighted by atomic mass is 32.2. The van der Waals surface area contributed by atoms with Crippen LogP contribution in [0.15, 0.2) is 30.7 Å². The van der Waals surface area contributed by atoms with Gasteiger partial charge in [-0.05, 0) is 11.6 Å². The van der Waals surface area contributed by atoms with Crippen LogP contribution in [0.1, 0.15) is 5.56 Å². The molecule has 2 N–H and O–H groups in total. The summed E-state index contributed by atoms with van der Waals surface area (Å²) in [6.45, 7) is 0.244. The Morgan fingerprint density at radius 2 is 2.19 bits per heavy atom. The van der Waals surface area contributed by atoms with Crippen molar-refractivity contribution >= 4 is 21.7 Å². The largest absolute Gasteiger partial charge is 0.350 e. The molecular weight excluding hydrogens is 296 g/mol. The van der Waals surface area contributed by atoms with Crippen LogP contribution in [0, 0.1) is 0 Å². The molecule has 0 aliphatic carbocycles. The number of hydrogen-bond donors (Lipinski definition) is 2. The van der Waals surface area contributed by atoms with Crippen molar-refractivity contribution in [3.8, 4) is 0 Å². The molecule has 0 saturated carbocycles. The number of nitrogens with one attached hydrogen (secondary N) is 2. The molecule has 1 amide bonds. The Morgan fingerprint density at radius 1 is 1.38 bits per heavy atom. The van der Waals surface area contributed by atoms with E-state index in [0.717, 1.165) is 16.6 Å². The standard InChI is InChI=1S/C11H14N6O3S/c1-21(19,20)16-10-7-14-17(15-10)8-11(18)13-6-9-3-2-4-12-5-9/h2-5,7H,6,8H2,1H3,(H,13,18)(H,15,16). The fourth-order valence-corrected chi connectivity index (χ4v) is 1.97. The summed E-state index contributed by atoms with van der Waals surface area (Å²) in [5, 5.41) is 10.3. The van der Waals surface area contributed by atoms with Gasteiger partial charge < -0.3 is 5.32 Å². The monoisotopic (exact) mass is 310 g/mol. The first-order valence-corrected chi connectivity index (χ1v) is 7.85. The third kappa shape index (κ3) is 5.18. The predicted molar refractivity (Wildman–Crippen MR) is 74.6 cm³/mol. The second-order valence-corrected chi connectivity index (χ2v) is 6.02. The minimum absolute atomic E-state index is 0.0672. The maximum Gasteiger partial charge on any atom is 0.243 e. The Bertz CT molecular complexity index is 713. The summed E-state index contributed by atoms with van der Waals surface area (Å²) in [4.78, 5) is 16.8. The second-order valence-electron chi connectivity index (χ2n) is 4.27. The van der Waals surface area contributed by atoms with Crippen molar-refractivity contribution in [3.05, 3.63) is 36.3 Å². The highest BCUT2D eigenvalue weighted by Gasteiger charge is 2.09. The lowest BCUT2D eigenvalue weighted by molar-refractivity contribution is -0.122. The molecule has 2 aromatic heterocycles. The zero-order valence-electron chi connectivity index (χ0n) is 11.2. The average Bonchev–Trinajstić information content (AvgIpc) is 2.82. The first kappa shape index (κ1) is 14.9. The third-order valence-corrected chi connectivity index (χ3v) is 2.90. The number of sulfonamides is 1. The number of carbonyl (C=O) groups excluding carboxylic acids is 1. The summed E-state index contributed by atoms with van der Waals surface area (Å²) >= 11 is 0. The molecule has 0 aliphatic rings. The quantitative estimate of drug-likeness (QED) is 0.732. The van der Waals surface area contributed by atoms with E-state index in [-0.39, 0.29) is 18.3 Å². The van der Waals surface area contributed by atoms with E-state index in [0.29, 0.717) is 6.54 Å². The summed E-state index contributed by atoms with van der Waals surface area (Å²) in [5.41, 5.74) is 0.874. The van der Waals surface area contributed by atoms with Crippen molar-refractivity contribution in [2.24, 2.45) is 0 Å². The molecule has 2 heterocycles. The molecule has 0 bridgehead atoms. The number of amides is 1. The minimum atomic E-state index is -3.41. The van der Waals surface area contributed by atoms with Gasteiger partial charge in [0.1, 0.15) is 6.54 Å². The summed E-state index contributed by atoms with van der Waals surface area (Å²) < 4.78 is 24.2. The van der Waals surface area contributed by atoms with Crippen molar-refractivity contribution < 1.29 is 13.2 Å². The number of hydrogen-bond acceptors (Lipinski definition) is 6. The highest BCUT2D eigenvalue weighted by molar-refractivity contribution is 7.92. The number of aromatic nitrogens is 4. The first-order valence-electron chi connectivity index (χ1n) is 5.96. The Morgan fingerprint density at radius 3 is 2.86 bits per heavy atom. The Labute approximate surface area is 121 Å². The van der Waals surface area contributed by atoms with Gasteiger partial charge in [-0.15, -0.1) is 5.10 Å². The highest BCUT2D eigenvalue weighted by Crippen LogP contribution is 2.01. The van der Waals surface area contributed by atoms with Crippen LogP contribution in [0.5, 0.6) is 0 Å². The second kappa shape index (κ2) is 6.31. The van der Waals surface area contributed by atoms with Gasteiger partial charge in [0, 0.05) is 18.9 Å². The van der Waals surface area contributed by atoms with Crippen LogP contribution in [-0.2, 0) is 27.9 Å². The number of carbonyl (C=O) groups is 1. The lowest BCUT2D eigenvalue weighted by atomic mass is 10.3. The van der Waals surface area contributed by atoms with Gasteiger partial charge in [0.05, 0.1) is 12.5 Å². The van der Waals surface area contributed by atoms with Gasteiger partial charge in [0.15, 0.2) is 5.82 Å². The number of pyridine rings is 1. The lowest BCUT2D eigenvalue weighted by Crippen LogP contribution is -2.28. The van der Waals surface area contributed by atoms with Crippen LogP contribution in [0.4, 0.5) is 5.82 Å². The van der Waals surface area contributed by atoms with Gasteiger partial charge in [-0.2, -0.15) is 9.90 Å². The van der Waals surface area contributed by atoms with Crippen LogP contribution in [-0.4, -0.2) is 40.6 Å². The molecule has 0 fully saturated rings. The number of rotatable bonds is 6. The Balaban J connectivity index is 1.85. The molecule has 0 saturated heterocycles. The molecule has 0 aromatic carbocycles. The molecule has 112 valence electrons. The molecule has 0 unspecified atom stereocenters. The van der Waals surface area contributed by atoms with E-state index in [2.05, 4.69) is 25.2 Å². The summed E-state index contributed by atoms with van der Waals surface area (Å²) in [7, 11) is -3.41. The summed E-state index contributed by atoms with van der Waals surface area (Å²) in [6.07, 6.45) is 5.54. The molecule has 0 atom stereocenters. The van der Waals surface area contributed by atoms with Crippen LogP contribution in [0.2, 0.25) is 0 Å². The van der Waals surface area contributed by atoms with Crippen molar-refractivity contribution in [3.63, 3.8) is 0 Å². The maximum absolute atomic E-state index is 11.7. The fourth-order valence-electron chi connectivity index (χ4n) is 1.50. The van der Waals surface area contributed by atoms with Gasteiger partial charge in [0.2, 0.25) is 15.9 Å². The molecule has 10 heteroatoms.